The van der Waals surface area contributed by atoms with Crippen LogP contribution in [0.25, 0.3) is 0 Å². The summed E-state index contributed by atoms with van der Waals surface area (Å²) in [6.07, 6.45) is 0. The van der Waals surface area contributed by atoms with Gasteiger partial charge in [0.05, 0.1) is 14.2 Å². The van der Waals surface area contributed by atoms with Gasteiger partial charge >= 0.3 is 0 Å². The van der Waals surface area contributed by atoms with Crippen molar-refractivity contribution in [3.05, 3.63) is 23.8 Å². The van der Waals surface area contributed by atoms with Crippen LogP contribution >= 0.6 is 11.8 Å². The first-order valence-electron chi connectivity index (χ1n) is 6.58. The van der Waals surface area contributed by atoms with E-state index in [2.05, 4.69) is 31.3 Å². The minimum atomic E-state index is 0.313. The fourth-order valence-electron chi connectivity index (χ4n) is 1.80. The minimum absolute atomic E-state index is 0.313. The molecule has 4 heteroatoms. The number of nitrogens with one attached hydrogen (secondary N) is 1. The Hall–Kier alpha value is -0.870. The standard InChI is InChI=1S/C15H25NO2S/c1-11(2)9-19-10-15(16-3)12-6-13(17-4)8-14(7-12)18-5/h6-8,11,15-16H,9-10H2,1-5H3. The molecule has 0 amide bonds. The van der Waals surface area contributed by atoms with Gasteiger partial charge in [0.2, 0.25) is 0 Å². The zero-order chi connectivity index (χ0) is 14.3. The number of rotatable bonds is 8. The van der Waals surface area contributed by atoms with Crippen molar-refractivity contribution in [2.24, 2.45) is 5.92 Å². The quantitative estimate of drug-likeness (QED) is 0.792. The van der Waals surface area contributed by atoms with Gasteiger partial charge in [0.15, 0.2) is 0 Å². The molecule has 1 rings (SSSR count). The molecule has 0 saturated heterocycles. The van der Waals surface area contributed by atoms with Gasteiger partial charge in [-0.05, 0) is 36.4 Å². The summed E-state index contributed by atoms with van der Waals surface area (Å²) in [5.41, 5.74) is 1.20. The Balaban J connectivity index is 2.78. The van der Waals surface area contributed by atoms with Crippen molar-refractivity contribution in [3.63, 3.8) is 0 Å². The maximum atomic E-state index is 5.32. The van der Waals surface area contributed by atoms with Crippen LogP contribution in [0, 0.1) is 5.92 Å². The summed E-state index contributed by atoms with van der Waals surface area (Å²) in [4.78, 5) is 0. The Labute approximate surface area is 121 Å². The van der Waals surface area contributed by atoms with Gasteiger partial charge in [0.25, 0.3) is 0 Å². The second-order valence-electron chi connectivity index (χ2n) is 4.92. The normalized spacial score (nSPS) is 12.5. The Morgan fingerprint density at radius 1 is 1.05 bits per heavy atom. The number of methoxy groups -OCH3 is 2. The maximum Gasteiger partial charge on any atom is 0.122 e. The lowest BCUT2D eigenvalue weighted by Crippen LogP contribution is -2.19. The van der Waals surface area contributed by atoms with E-state index >= 15 is 0 Å². The molecule has 0 aliphatic heterocycles. The summed E-state index contributed by atoms with van der Waals surface area (Å²) in [5, 5.41) is 3.36. The second kappa shape index (κ2) is 8.33. The van der Waals surface area contributed by atoms with Crippen molar-refractivity contribution in [1.82, 2.24) is 5.32 Å². The lowest BCUT2D eigenvalue weighted by Gasteiger charge is -2.18. The molecule has 0 saturated carbocycles. The molecule has 0 radical (unpaired) electrons. The molecule has 0 spiro atoms. The van der Waals surface area contributed by atoms with E-state index in [1.807, 2.05) is 24.9 Å². The van der Waals surface area contributed by atoms with Crippen LogP contribution in [0.1, 0.15) is 25.5 Å². The van der Waals surface area contributed by atoms with Crippen LogP contribution < -0.4 is 14.8 Å². The third-order valence-electron chi connectivity index (χ3n) is 2.86. The first kappa shape index (κ1) is 16.2. The largest absolute Gasteiger partial charge is 0.497 e. The maximum absolute atomic E-state index is 5.32. The molecule has 0 aromatic heterocycles. The van der Waals surface area contributed by atoms with E-state index in [0.717, 1.165) is 23.2 Å². The Morgan fingerprint density at radius 2 is 1.63 bits per heavy atom. The predicted molar refractivity (Wildman–Crippen MR) is 83.5 cm³/mol. The first-order chi connectivity index (χ1) is 9.10. The van der Waals surface area contributed by atoms with Gasteiger partial charge in [0, 0.05) is 17.9 Å². The highest BCUT2D eigenvalue weighted by atomic mass is 32.2. The van der Waals surface area contributed by atoms with Gasteiger partial charge in [-0.1, -0.05) is 13.8 Å². The van der Waals surface area contributed by atoms with Gasteiger partial charge in [-0.15, -0.1) is 0 Å². The van der Waals surface area contributed by atoms with E-state index in [1.165, 1.54) is 11.3 Å². The van der Waals surface area contributed by atoms with Gasteiger partial charge in [0.1, 0.15) is 11.5 Å². The molecule has 1 aromatic carbocycles. The van der Waals surface area contributed by atoms with Gasteiger partial charge in [-0.3, -0.25) is 0 Å². The molecule has 108 valence electrons. The fraction of sp³-hybridized carbons (Fsp3) is 0.600. The third-order valence-corrected chi connectivity index (χ3v) is 4.33. The summed E-state index contributed by atoms with van der Waals surface area (Å²) in [7, 11) is 5.35. The van der Waals surface area contributed by atoms with Crippen LogP contribution in [0.3, 0.4) is 0 Å². The smallest absolute Gasteiger partial charge is 0.122 e. The molecule has 0 aliphatic carbocycles. The summed E-state index contributed by atoms with van der Waals surface area (Å²) < 4.78 is 10.6. The molecule has 0 aliphatic rings. The molecule has 1 atom stereocenters. The summed E-state index contributed by atoms with van der Waals surface area (Å²) >= 11 is 1.97. The average molecular weight is 283 g/mol. The van der Waals surface area contributed by atoms with Crippen LogP contribution in [0.4, 0.5) is 0 Å². The zero-order valence-corrected chi connectivity index (χ0v) is 13.3. The highest BCUT2D eigenvalue weighted by Crippen LogP contribution is 2.28. The SMILES string of the molecule is CNC(CSCC(C)C)c1cc(OC)cc(OC)c1. The molecule has 0 heterocycles. The van der Waals surface area contributed by atoms with E-state index in [0.29, 0.717) is 6.04 Å². The van der Waals surface area contributed by atoms with Crippen LogP contribution in [0.5, 0.6) is 11.5 Å². The highest BCUT2D eigenvalue weighted by molar-refractivity contribution is 7.99. The van der Waals surface area contributed by atoms with Gasteiger partial charge in [-0.2, -0.15) is 11.8 Å². The topological polar surface area (TPSA) is 30.5 Å². The van der Waals surface area contributed by atoms with Crippen molar-refractivity contribution in [1.29, 1.82) is 0 Å². The van der Waals surface area contributed by atoms with Crippen molar-refractivity contribution < 1.29 is 9.47 Å². The van der Waals surface area contributed by atoms with E-state index in [9.17, 15) is 0 Å². The number of hydrogen-bond acceptors (Lipinski definition) is 4. The van der Waals surface area contributed by atoms with E-state index in [4.69, 9.17) is 9.47 Å². The van der Waals surface area contributed by atoms with Crippen LogP contribution in [0.2, 0.25) is 0 Å². The minimum Gasteiger partial charge on any atom is -0.497 e. The number of ether oxygens (including phenoxy) is 2. The number of hydrogen-bond donors (Lipinski definition) is 1. The average Bonchev–Trinajstić information content (AvgIpc) is 2.42. The zero-order valence-electron chi connectivity index (χ0n) is 12.5. The van der Waals surface area contributed by atoms with Crippen molar-refractivity contribution in [2.75, 3.05) is 32.8 Å². The Morgan fingerprint density at radius 3 is 2.05 bits per heavy atom. The van der Waals surface area contributed by atoms with E-state index in [1.54, 1.807) is 14.2 Å². The highest BCUT2D eigenvalue weighted by Gasteiger charge is 2.12. The lowest BCUT2D eigenvalue weighted by atomic mass is 10.1. The van der Waals surface area contributed by atoms with Crippen molar-refractivity contribution in [3.8, 4) is 11.5 Å². The number of benzene rings is 1. The Kier molecular flexibility index (Phi) is 7.10. The van der Waals surface area contributed by atoms with E-state index < -0.39 is 0 Å². The summed E-state index contributed by atoms with van der Waals surface area (Å²) in [5.74, 6) is 4.62. The van der Waals surface area contributed by atoms with Gasteiger partial charge in [-0.25, -0.2) is 0 Å². The third kappa shape index (κ3) is 5.33. The van der Waals surface area contributed by atoms with E-state index in [-0.39, 0.29) is 0 Å². The van der Waals surface area contributed by atoms with Gasteiger partial charge < -0.3 is 14.8 Å². The summed E-state index contributed by atoms with van der Waals surface area (Å²) in [6.45, 7) is 4.49. The predicted octanol–water partition coefficient (Wildman–Crippen LogP) is 3.35. The first-order valence-corrected chi connectivity index (χ1v) is 7.74. The molecule has 1 unspecified atom stereocenters. The second-order valence-corrected chi connectivity index (χ2v) is 5.99. The Bertz CT molecular complexity index is 360. The van der Waals surface area contributed by atoms with Crippen LogP contribution in [0.15, 0.2) is 18.2 Å². The van der Waals surface area contributed by atoms with Crippen molar-refractivity contribution >= 4 is 11.8 Å². The monoisotopic (exact) mass is 283 g/mol. The lowest BCUT2D eigenvalue weighted by molar-refractivity contribution is 0.392. The van der Waals surface area contributed by atoms with Crippen LogP contribution in [-0.2, 0) is 0 Å². The molecular formula is C15H25NO2S. The van der Waals surface area contributed by atoms with Crippen LogP contribution in [-0.4, -0.2) is 32.8 Å². The molecule has 0 fully saturated rings. The summed E-state index contributed by atoms with van der Waals surface area (Å²) in [6, 6.07) is 6.35. The number of thioether (sulfide) groups is 1. The molecular weight excluding hydrogens is 258 g/mol. The molecule has 1 aromatic rings. The molecule has 1 N–H and O–H groups in total. The molecule has 3 nitrogen and oxygen atoms in total. The van der Waals surface area contributed by atoms with Crippen molar-refractivity contribution in [2.45, 2.75) is 19.9 Å². The molecule has 19 heavy (non-hydrogen) atoms. The fourth-order valence-corrected chi connectivity index (χ4v) is 3.00. The molecule has 0 bridgehead atoms.